The van der Waals surface area contributed by atoms with Gasteiger partial charge in [0.05, 0.1) is 5.51 Å². The highest BCUT2D eigenvalue weighted by molar-refractivity contribution is 7.07. The van der Waals surface area contributed by atoms with Gasteiger partial charge in [0.2, 0.25) is 0 Å². The zero-order chi connectivity index (χ0) is 8.65. The van der Waals surface area contributed by atoms with Crippen LogP contribution < -0.4 is 0 Å². The van der Waals surface area contributed by atoms with Crippen LogP contribution in [0.3, 0.4) is 0 Å². The second-order valence-corrected chi connectivity index (χ2v) is 3.35. The van der Waals surface area contributed by atoms with E-state index < -0.39 is 0 Å². The van der Waals surface area contributed by atoms with E-state index in [1.807, 2.05) is 10.9 Å². The zero-order valence-corrected chi connectivity index (χ0v) is 8.16. The fourth-order valence-corrected chi connectivity index (χ4v) is 1.37. The van der Waals surface area contributed by atoms with Crippen molar-refractivity contribution in [1.29, 1.82) is 0 Å². The van der Waals surface area contributed by atoms with E-state index in [1.165, 1.54) is 19.3 Å². The molecule has 0 spiro atoms. The van der Waals surface area contributed by atoms with E-state index in [9.17, 15) is 0 Å². The van der Waals surface area contributed by atoms with Crippen molar-refractivity contribution in [2.24, 2.45) is 0 Å². The van der Waals surface area contributed by atoms with E-state index in [2.05, 4.69) is 23.7 Å². The minimum Gasteiger partial charge on any atom is -0.236 e. The highest BCUT2D eigenvalue weighted by atomic mass is 32.1. The summed E-state index contributed by atoms with van der Waals surface area (Å²) >= 11 is 1.59. The monoisotopic (exact) mass is 179 g/mol. The Balaban J connectivity index is 2.21. The lowest BCUT2D eigenvalue weighted by Crippen LogP contribution is -1.73. The third-order valence-corrected chi connectivity index (χ3v) is 2.14. The number of hydrogen-bond donors (Lipinski definition) is 0. The first-order chi connectivity index (χ1) is 5.93. The Morgan fingerprint density at radius 3 is 3.08 bits per heavy atom. The predicted molar refractivity (Wildman–Crippen MR) is 53.1 cm³/mol. The van der Waals surface area contributed by atoms with Crippen molar-refractivity contribution in [1.82, 2.24) is 4.98 Å². The molecule has 1 rings (SSSR count). The van der Waals surface area contributed by atoms with E-state index in [4.69, 9.17) is 0 Å². The average molecular weight is 179 g/mol. The van der Waals surface area contributed by atoms with Crippen LogP contribution in [0.15, 0.2) is 10.9 Å². The first-order valence-corrected chi connectivity index (χ1v) is 5.25. The third-order valence-electron chi connectivity index (χ3n) is 1.55. The van der Waals surface area contributed by atoms with E-state index in [0.717, 1.165) is 12.1 Å². The molecule has 64 valence electrons. The van der Waals surface area contributed by atoms with Crippen LogP contribution in [0.2, 0.25) is 0 Å². The summed E-state index contributed by atoms with van der Waals surface area (Å²) in [6.07, 6.45) is 4.77. The van der Waals surface area contributed by atoms with Crippen LogP contribution in [-0.4, -0.2) is 4.98 Å². The topological polar surface area (TPSA) is 12.9 Å². The van der Waals surface area contributed by atoms with Gasteiger partial charge < -0.3 is 0 Å². The number of hydrogen-bond acceptors (Lipinski definition) is 2. The van der Waals surface area contributed by atoms with Crippen molar-refractivity contribution in [3.8, 4) is 11.8 Å². The number of nitrogens with zero attached hydrogens (tertiary/aromatic N) is 1. The van der Waals surface area contributed by atoms with Crippen LogP contribution in [0.5, 0.6) is 0 Å². The molecule has 0 atom stereocenters. The van der Waals surface area contributed by atoms with E-state index in [0.29, 0.717) is 0 Å². The Labute approximate surface area is 77.8 Å². The molecule has 0 amide bonds. The maximum Gasteiger partial charge on any atom is 0.124 e. The van der Waals surface area contributed by atoms with Crippen LogP contribution in [0.4, 0.5) is 0 Å². The van der Waals surface area contributed by atoms with Gasteiger partial charge in [-0.25, -0.2) is 4.98 Å². The number of rotatable bonds is 3. The van der Waals surface area contributed by atoms with Gasteiger partial charge in [0.1, 0.15) is 5.69 Å². The molecular formula is C10H13NS. The highest BCUT2D eigenvalue weighted by Crippen LogP contribution is 2.00. The van der Waals surface area contributed by atoms with Crippen molar-refractivity contribution < 1.29 is 0 Å². The summed E-state index contributed by atoms with van der Waals surface area (Å²) in [7, 11) is 0. The zero-order valence-electron chi connectivity index (χ0n) is 7.34. The number of unbranched alkanes of at least 4 members (excludes halogenated alkanes) is 3. The van der Waals surface area contributed by atoms with Gasteiger partial charge in [-0.05, 0) is 12.3 Å². The number of thiazole rings is 1. The van der Waals surface area contributed by atoms with Gasteiger partial charge in [0.15, 0.2) is 0 Å². The molecule has 0 aliphatic heterocycles. The van der Waals surface area contributed by atoms with Gasteiger partial charge in [-0.3, -0.25) is 0 Å². The van der Waals surface area contributed by atoms with Gasteiger partial charge in [-0.15, -0.1) is 11.3 Å². The van der Waals surface area contributed by atoms with E-state index in [-0.39, 0.29) is 0 Å². The summed E-state index contributed by atoms with van der Waals surface area (Å²) in [6.45, 7) is 2.20. The molecule has 1 aromatic heterocycles. The first-order valence-electron chi connectivity index (χ1n) is 4.30. The van der Waals surface area contributed by atoms with Gasteiger partial charge in [-0.2, -0.15) is 0 Å². The molecule has 0 saturated heterocycles. The predicted octanol–water partition coefficient (Wildman–Crippen LogP) is 3.07. The smallest absolute Gasteiger partial charge is 0.124 e. The number of aromatic nitrogens is 1. The van der Waals surface area contributed by atoms with Crippen molar-refractivity contribution in [2.75, 3.05) is 0 Å². The van der Waals surface area contributed by atoms with Crippen LogP contribution >= 0.6 is 11.3 Å². The largest absolute Gasteiger partial charge is 0.236 e. The fraction of sp³-hybridized carbons (Fsp3) is 0.500. The Kier molecular flexibility index (Phi) is 4.48. The molecule has 1 nitrogen and oxygen atoms in total. The SMILES string of the molecule is CCCCCC#Cc1cscn1. The Hall–Kier alpha value is -0.810. The maximum atomic E-state index is 4.08. The molecule has 1 aromatic rings. The van der Waals surface area contributed by atoms with Crippen LogP contribution in [0, 0.1) is 11.8 Å². The molecule has 0 aliphatic carbocycles. The minimum atomic E-state index is 0.913. The molecule has 0 N–H and O–H groups in total. The van der Waals surface area contributed by atoms with Crippen molar-refractivity contribution in [2.45, 2.75) is 32.6 Å². The second kappa shape index (κ2) is 5.79. The summed E-state index contributed by atoms with van der Waals surface area (Å²) in [5, 5.41) is 1.98. The second-order valence-electron chi connectivity index (χ2n) is 2.63. The molecule has 2 heteroatoms. The molecule has 12 heavy (non-hydrogen) atoms. The van der Waals surface area contributed by atoms with Gasteiger partial charge in [-0.1, -0.05) is 25.7 Å². The fourth-order valence-electron chi connectivity index (χ4n) is 0.891. The highest BCUT2D eigenvalue weighted by Gasteiger charge is 1.85. The summed E-state index contributed by atoms with van der Waals surface area (Å²) in [5.74, 6) is 6.15. The average Bonchev–Trinajstić information content (AvgIpc) is 2.57. The summed E-state index contributed by atoms with van der Waals surface area (Å²) in [5.41, 5.74) is 2.73. The van der Waals surface area contributed by atoms with Crippen molar-refractivity contribution >= 4 is 11.3 Å². The maximum absolute atomic E-state index is 4.08. The Morgan fingerprint density at radius 1 is 1.50 bits per heavy atom. The third kappa shape index (κ3) is 3.54. The lowest BCUT2D eigenvalue weighted by Gasteiger charge is -1.87. The molecule has 1 heterocycles. The van der Waals surface area contributed by atoms with Crippen molar-refractivity contribution in [3.63, 3.8) is 0 Å². The molecule has 0 fully saturated rings. The van der Waals surface area contributed by atoms with Gasteiger partial charge in [0.25, 0.3) is 0 Å². The van der Waals surface area contributed by atoms with Crippen LogP contribution in [0.25, 0.3) is 0 Å². The lowest BCUT2D eigenvalue weighted by molar-refractivity contribution is 0.737. The summed E-state index contributed by atoms with van der Waals surface area (Å²) in [6, 6.07) is 0. The molecule has 0 aromatic carbocycles. The Bertz CT molecular complexity index is 253. The molecular weight excluding hydrogens is 166 g/mol. The first kappa shape index (κ1) is 9.28. The molecule has 0 radical (unpaired) electrons. The van der Waals surface area contributed by atoms with E-state index in [1.54, 1.807) is 11.3 Å². The van der Waals surface area contributed by atoms with Gasteiger partial charge in [0, 0.05) is 11.8 Å². The van der Waals surface area contributed by atoms with Crippen LogP contribution in [-0.2, 0) is 0 Å². The minimum absolute atomic E-state index is 0.913. The molecule has 0 unspecified atom stereocenters. The standard InChI is InChI=1S/C10H13NS/c1-2-3-4-5-6-7-10-8-12-9-11-10/h8-9H,2-5H2,1H3. The molecule has 0 aliphatic rings. The van der Waals surface area contributed by atoms with Gasteiger partial charge >= 0.3 is 0 Å². The van der Waals surface area contributed by atoms with Crippen LogP contribution in [0.1, 0.15) is 38.3 Å². The summed E-state index contributed by atoms with van der Waals surface area (Å²) in [4.78, 5) is 4.08. The van der Waals surface area contributed by atoms with Crippen molar-refractivity contribution in [3.05, 3.63) is 16.6 Å². The normalized spacial score (nSPS) is 9.08. The van der Waals surface area contributed by atoms with E-state index >= 15 is 0 Å². The molecule has 0 bridgehead atoms. The Morgan fingerprint density at radius 2 is 2.42 bits per heavy atom. The lowest BCUT2D eigenvalue weighted by atomic mass is 10.2. The molecule has 0 saturated carbocycles. The quantitative estimate of drug-likeness (QED) is 0.513. The summed E-state index contributed by atoms with van der Waals surface area (Å²) < 4.78 is 0.